The van der Waals surface area contributed by atoms with Crippen molar-refractivity contribution in [3.05, 3.63) is 53.9 Å². The van der Waals surface area contributed by atoms with Crippen LogP contribution in [0.2, 0.25) is 0 Å². The first-order valence-corrected chi connectivity index (χ1v) is 6.48. The fraction of sp³-hybridized carbons (Fsp3) is 0.312. The van der Waals surface area contributed by atoms with Crippen molar-refractivity contribution in [2.24, 2.45) is 0 Å². The van der Waals surface area contributed by atoms with Gasteiger partial charge in [0.2, 0.25) is 0 Å². The number of rotatable bonds is 5. The van der Waals surface area contributed by atoms with Crippen LogP contribution in [0.15, 0.2) is 42.7 Å². The Morgan fingerprint density at radius 1 is 1.06 bits per heavy atom. The standard InChI is InChI=1S/C16H19NO/c1-2-3-7-14-10-17-11-15(12-18)16(14)13-8-5-4-6-9-13/h4-6,8-11,18H,2-3,7,12H2,1H3. The van der Waals surface area contributed by atoms with E-state index in [1.807, 2.05) is 24.4 Å². The number of aryl methyl sites for hydroxylation is 1. The highest BCUT2D eigenvalue weighted by molar-refractivity contribution is 5.70. The number of aliphatic hydroxyl groups is 1. The number of benzene rings is 1. The van der Waals surface area contributed by atoms with Gasteiger partial charge in [0.15, 0.2) is 0 Å². The summed E-state index contributed by atoms with van der Waals surface area (Å²) in [6.07, 6.45) is 7.02. The van der Waals surface area contributed by atoms with Gasteiger partial charge in [-0.2, -0.15) is 0 Å². The molecule has 2 nitrogen and oxygen atoms in total. The summed E-state index contributed by atoms with van der Waals surface area (Å²) in [6.45, 7) is 2.22. The minimum absolute atomic E-state index is 0.0389. The quantitative estimate of drug-likeness (QED) is 0.868. The van der Waals surface area contributed by atoms with Crippen molar-refractivity contribution in [1.29, 1.82) is 0 Å². The Kier molecular flexibility index (Phi) is 4.48. The van der Waals surface area contributed by atoms with Crippen LogP contribution in [0.25, 0.3) is 11.1 Å². The Labute approximate surface area is 108 Å². The predicted molar refractivity (Wildman–Crippen MR) is 74.2 cm³/mol. The molecule has 0 fully saturated rings. The molecular weight excluding hydrogens is 222 g/mol. The first kappa shape index (κ1) is 12.8. The molecule has 2 aromatic rings. The van der Waals surface area contributed by atoms with Gasteiger partial charge in [-0.15, -0.1) is 0 Å². The van der Waals surface area contributed by atoms with E-state index >= 15 is 0 Å². The minimum Gasteiger partial charge on any atom is -0.392 e. The molecule has 1 aromatic carbocycles. The molecule has 2 heteroatoms. The van der Waals surface area contributed by atoms with Crippen LogP contribution in [0.5, 0.6) is 0 Å². The van der Waals surface area contributed by atoms with Crippen molar-refractivity contribution in [2.45, 2.75) is 32.8 Å². The van der Waals surface area contributed by atoms with E-state index in [1.54, 1.807) is 6.20 Å². The molecule has 0 amide bonds. The third-order valence-corrected chi connectivity index (χ3v) is 3.14. The van der Waals surface area contributed by atoms with Gasteiger partial charge in [-0.3, -0.25) is 4.98 Å². The summed E-state index contributed by atoms with van der Waals surface area (Å²) in [6, 6.07) is 10.2. The molecule has 0 saturated carbocycles. The molecule has 94 valence electrons. The normalized spacial score (nSPS) is 10.6. The zero-order valence-electron chi connectivity index (χ0n) is 10.8. The van der Waals surface area contributed by atoms with E-state index < -0.39 is 0 Å². The van der Waals surface area contributed by atoms with Gasteiger partial charge in [-0.05, 0) is 29.5 Å². The van der Waals surface area contributed by atoms with Crippen molar-refractivity contribution in [1.82, 2.24) is 4.98 Å². The van der Waals surface area contributed by atoms with E-state index in [1.165, 1.54) is 5.56 Å². The van der Waals surface area contributed by atoms with E-state index in [-0.39, 0.29) is 6.61 Å². The van der Waals surface area contributed by atoms with Crippen LogP contribution in [0, 0.1) is 0 Å². The zero-order valence-corrected chi connectivity index (χ0v) is 10.8. The Morgan fingerprint density at radius 2 is 1.78 bits per heavy atom. The van der Waals surface area contributed by atoms with Gasteiger partial charge in [-0.1, -0.05) is 43.7 Å². The molecule has 0 aliphatic carbocycles. The maximum atomic E-state index is 9.49. The lowest BCUT2D eigenvalue weighted by molar-refractivity contribution is 0.282. The number of pyridine rings is 1. The van der Waals surface area contributed by atoms with E-state index in [2.05, 4.69) is 24.0 Å². The van der Waals surface area contributed by atoms with Crippen molar-refractivity contribution in [3.63, 3.8) is 0 Å². The summed E-state index contributed by atoms with van der Waals surface area (Å²) < 4.78 is 0. The SMILES string of the molecule is CCCCc1cncc(CO)c1-c1ccccc1. The molecule has 0 aliphatic heterocycles. The molecule has 0 radical (unpaired) electrons. The lowest BCUT2D eigenvalue weighted by atomic mass is 9.94. The maximum absolute atomic E-state index is 9.49. The largest absolute Gasteiger partial charge is 0.392 e. The second kappa shape index (κ2) is 6.31. The smallest absolute Gasteiger partial charge is 0.0703 e. The topological polar surface area (TPSA) is 33.1 Å². The Bertz CT molecular complexity index is 494. The second-order valence-corrected chi connectivity index (χ2v) is 4.46. The van der Waals surface area contributed by atoms with Crippen LogP contribution in [0.3, 0.4) is 0 Å². The van der Waals surface area contributed by atoms with Crippen molar-refractivity contribution >= 4 is 0 Å². The van der Waals surface area contributed by atoms with Crippen LogP contribution >= 0.6 is 0 Å². The number of hydrogen-bond acceptors (Lipinski definition) is 2. The molecule has 0 aliphatic rings. The van der Waals surface area contributed by atoms with Crippen molar-refractivity contribution in [2.75, 3.05) is 0 Å². The average Bonchev–Trinajstić information content (AvgIpc) is 2.45. The number of nitrogens with zero attached hydrogens (tertiary/aromatic N) is 1. The summed E-state index contributed by atoms with van der Waals surface area (Å²) in [5, 5.41) is 9.49. The second-order valence-electron chi connectivity index (χ2n) is 4.46. The Hall–Kier alpha value is -1.67. The summed E-state index contributed by atoms with van der Waals surface area (Å²) in [4.78, 5) is 4.23. The van der Waals surface area contributed by atoms with Crippen LogP contribution < -0.4 is 0 Å². The highest BCUT2D eigenvalue weighted by atomic mass is 16.3. The zero-order chi connectivity index (χ0) is 12.8. The molecule has 1 aromatic heterocycles. The lowest BCUT2D eigenvalue weighted by Gasteiger charge is -2.13. The molecule has 0 saturated heterocycles. The monoisotopic (exact) mass is 241 g/mol. The molecule has 2 rings (SSSR count). The molecule has 0 unspecified atom stereocenters. The van der Waals surface area contributed by atoms with E-state index in [4.69, 9.17) is 0 Å². The van der Waals surface area contributed by atoms with Gasteiger partial charge in [-0.25, -0.2) is 0 Å². The highest BCUT2D eigenvalue weighted by Crippen LogP contribution is 2.28. The number of aliphatic hydroxyl groups excluding tert-OH is 1. The summed E-state index contributed by atoms with van der Waals surface area (Å²) in [7, 11) is 0. The van der Waals surface area contributed by atoms with Crippen molar-refractivity contribution in [3.8, 4) is 11.1 Å². The van der Waals surface area contributed by atoms with Gasteiger partial charge in [0, 0.05) is 18.0 Å². The van der Waals surface area contributed by atoms with Gasteiger partial charge in [0.05, 0.1) is 6.61 Å². The highest BCUT2D eigenvalue weighted by Gasteiger charge is 2.10. The number of hydrogen-bond donors (Lipinski definition) is 1. The molecule has 1 N–H and O–H groups in total. The average molecular weight is 241 g/mol. The minimum atomic E-state index is 0.0389. The molecule has 0 bridgehead atoms. The van der Waals surface area contributed by atoms with Crippen molar-refractivity contribution < 1.29 is 5.11 Å². The molecule has 18 heavy (non-hydrogen) atoms. The first-order chi connectivity index (χ1) is 8.86. The number of unbranched alkanes of at least 4 members (excludes halogenated alkanes) is 1. The van der Waals surface area contributed by atoms with Gasteiger partial charge < -0.3 is 5.11 Å². The number of aromatic nitrogens is 1. The summed E-state index contributed by atoms with van der Waals surface area (Å²) in [5.41, 5.74) is 4.46. The van der Waals surface area contributed by atoms with Crippen LogP contribution in [-0.2, 0) is 13.0 Å². The third-order valence-electron chi connectivity index (χ3n) is 3.14. The van der Waals surface area contributed by atoms with Gasteiger partial charge in [0.1, 0.15) is 0 Å². The van der Waals surface area contributed by atoms with E-state index in [0.717, 1.165) is 36.0 Å². The molecule has 0 atom stereocenters. The fourth-order valence-corrected chi connectivity index (χ4v) is 2.20. The molecule has 0 spiro atoms. The molecular formula is C16H19NO. The van der Waals surface area contributed by atoms with Gasteiger partial charge in [0.25, 0.3) is 0 Å². The third kappa shape index (κ3) is 2.77. The van der Waals surface area contributed by atoms with Crippen LogP contribution in [0.4, 0.5) is 0 Å². The van der Waals surface area contributed by atoms with Crippen LogP contribution in [0.1, 0.15) is 30.9 Å². The maximum Gasteiger partial charge on any atom is 0.0703 e. The lowest BCUT2D eigenvalue weighted by Crippen LogP contribution is -1.98. The van der Waals surface area contributed by atoms with E-state index in [0.29, 0.717) is 0 Å². The van der Waals surface area contributed by atoms with Gasteiger partial charge >= 0.3 is 0 Å². The molecule has 1 heterocycles. The fourth-order valence-electron chi connectivity index (χ4n) is 2.20. The predicted octanol–water partition coefficient (Wildman–Crippen LogP) is 3.58. The van der Waals surface area contributed by atoms with E-state index in [9.17, 15) is 5.11 Å². The Balaban J connectivity index is 2.47. The Morgan fingerprint density at radius 3 is 2.44 bits per heavy atom. The summed E-state index contributed by atoms with van der Waals surface area (Å²) in [5.74, 6) is 0. The summed E-state index contributed by atoms with van der Waals surface area (Å²) >= 11 is 0. The first-order valence-electron chi connectivity index (χ1n) is 6.48. The van der Waals surface area contributed by atoms with Crippen LogP contribution in [-0.4, -0.2) is 10.1 Å².